The van der Waals surface area contributed by atoms with Gasteiger partial charge in [-0.15, -0.1) is 0 Å². The summed E-state index contributed by atoms with van der Waals surface area (Å²) in [4.78, 5) is 17.2. The van der Waals surface area contributed by atoms with Gasteiger partial charge in [0.05, 0.1) is 12.2 Å². The molecular weight excluding hydrogens is 250 g/mol. The molecule has 0 aromatic rings. The van der Waals surface area contributed by atoms with Crippen LogP contribution in [0.3, 0.4) is 0 Å². The second-order valence-electron chi connectivity index (χ2n) is 7.39. The van der Waals surface area contributed by atoms with Gasteiger partial charge in [-0.05, 0) is 50.7 Å². The molecule has 4 heteroatoms. The largest absolute Gasteiger partial charge is 0.325 e. The number of piperidine rings is 1. The van der Waals surface area contributed by atoms with Crippen molar-refractivity contribution in [2.45, 2.75) is 59.2 Å². The highest BCUT2D eigenvalue weighted by Gasteiger charge is 2.42. The summed E-state index contributed by atoms with van der Waals surface area (Å²) >= 11 is 0. The zero-order valence-corrected chi connectivity index (χ0v) is 13.8. The molecule has 2 unspecified atom stereocenters. The molecule has 20 heavy (non-hydrogen) atoms. The molecule has 2 fully saturated rings. The second kappa shape index (κ2) is 6.02. The van der Waals surface area contributed by atoms with Gasteiger partial charge in [0.2, 0.25) is 5.91 Å². The lowest BCUT2D eigenvalue weighted by Gasteiger charge is -2.41. The Kier molecular flexibility index (Phi) is 4.75. The quantitative estimate of drug-likeness (QED) is 0.855. The van der Waals surface area contributed by atoms with Crippen molar-refractivity contribution in [3.05, 3.63) is 0 Å². The first-order chi connectivity index (χ1) is 9.36. The molecule has 116 valence electrons. The molecule has 0 radical (unpaired) electrons. The zero-order valence-electron chi connectivity index (χ0n) is 13.8. The molecule has 0 saturated carbocycles. The highest BCUT2D eigenvalue weighted by Crippen LogP contribution is 2.33. The Balaban J connectivity index is 2.05. The van der Waals surface area contributed by atoms with Gasteiger partial charge >= 0.3 is 0 Å². The fraction of sp³-hybridized carbons (Fsp3) is 0.938. The van der Waals surface area contributed by atoms with Gasteiger partial charge in [0.1, 0.15) is 0 Å². The lowest BCUT2D eigenvalue weighted by atomic mass is 9.80. The summed E-state index contributed by atoms with van der Waals surface area (Å²) in [7, 11) is 2.19. The Morgan fingerprint density at radius 1 is 1.35 bits per heavy atom. The fourth-order valence-corrected chi connectivity index (χ4v) is 3.43. The Morgan fingerprint density at radius 2 is 1.95 bits per heavy atom. The fourth-order valence-electron chi connectivity index (χ4n) is 3.43. The van der Waals surface area contributed by atoms with Gasteiger partial charge in [0.15, 0.2) is 0 Å². The number of nitrogens with one attached hydrogen (secondary N) is 1. The molecule has 1 N–H and O–H groups in total. The smallest absolute Gasteiger partial charge is 0.241 e. The van der Waals surface area contributed by atoms with Crippen molar-refractivity contribution in [2.24, 2.45) is 11.3 Å². The molecule has 1 amide bonds. The number of hydrogen-bond donors (Lipinski definition) is 1. The SMILES string of the molecule is CCC1NC(C(C)C)C(=O)N1CC1(C)CCN(C)CC1. The molecule has 0 aromatic carbocycles. The van der Waals surface area contributed by atoms with E-state index in [4.69, 9.17) is 0 Å². The molecule has 0 bridgehead atoms. The monoisotopic (exact) mass is 281 g/mol. The van der Waals surface area contributed by atoms with Crippen LogP contribution in [0.2, 0.25) is 0 Å². The molecule has 2 atom stereocenters. The lowest BCUT2D eigenvalue weighted by Crippen LogP contribution is -2.47. The van der Waals surface area contributed by atoms with E-state index in [2.05, 4.69) is 49.9 Å². The van der Waals surface area contributed by atoms with Gasteiger partial charge in [-0.25, -0.2) is 0 Å². The van der Waals surface area contributed by atoms with Crippen molar-refractivity contribution in [2.75, 3.05) is 26.7 Å². The van der Waals surface area contributed by atoms with Crippen LogP contribution < -0.4 is 5.32 Å². The third-order valence-corrected chi connectivity index (χ3v) is 5.10. The Hall–Kier alpha value is -0.610. The normalized spacial score (nSPS) is 31.3. The number of amides is 1. The van der Waals surface area contributed by atoms with Gasteiger partial charge in [0.25, 0.3) is 0 Å². The first kappa shape index (κ1) is 15.8. The van der Waals surface area contributed by atoms with Crippen LogP contribution >= 0.6 is 0 Å². The molecule has 0 aromatic heterocycles. The standard InChI is InChI=1S/C16H31N3O/c1-6-13-17-14(12(2)3)15(20)19(13)11-16(4)7-9-18(5)10-8-16/h12-14,17H,6-11H2,1-5H3. The molecule has 2 rings (SSSR count). The van der Waals surface area contributed by atoms with Gasteiger partial charge < -0.3 is 9.80 Å². The lowest BCUT2D eigenvalue weighted by molar-refractivity contribution is -0.132. The molecule has 2 aliphatic heterocycles. The minimum absolute atomic E-state index is 0.00909. The Bertz CT molecular complexity index is 348. The topological polar surface area (TPSA) is 35.6 Å². The predicted molar refractivity (Wildman–Crippen MR) is 82.4 cm³/mol. The molecule has 2 aliphatic rings. The van der Waals surface area contributed by atoms with E-state index in [1.165, 1.54) is 12.8 Å². The van der Waals surface area contributed by atoms with E-state index >= 15 is 0 Å². The zero-order chi connectivity index (χ0) is 14.9. The van der Waals surface area contributed by atoms with Crippen molar-refractivity contribution in [3.8, 4) is 0 Å². The molecule has 2 saturated heterocycles. The summed E-state index contributed by atoms with van der Waals surface area (Å²) in [6, 6.07) is 0.00909. The summed E-state index contributed by atoms with van der Waals surface area (Å²) < 4.78 is 0. The summed E-state index contributed by atoms with van der Waals surface area (Å²) in [6.45, 7) is 12.0. The Labute approximate surface area is 123 Å². The van der Waals surface area contributed by atoms with Crippen LogP contribution in [0.25, 0.3) is 0 Å². The van der Waals surface area contributed by atoms with Gasteiger partial charge in [-0.2, -0.15) is 0 Å². The van der Waals surface area contributed by atoms with E-state index in [-0.39, 0.29) is 17.6 Å². The van der Waals surface area contributed by atoms with Crippen molar-refractivity contribution >= 4 is 5.91 Å². The average molecular weight is 281 g/mol. The number of hydrogen-bond acceptors (Lipinski definition) is 3. The molecular formula is C16H31N3O. The number of carbonyl (C=O) groups is 1. The van der Waals surface area contributed by atoms with E-state index in [1.807, 2.05) is 0 Å². The number of likely N-dealkylation sites (tertiary alicyclic amines) is 1. The summed E-state index contributed by atoms with van der Waals surface area (Å²) in [6.07, 6.45) is 3.60. The summed E-state index contributed by atoms with van der Waals surface area (Å²) in [5, 5.41) is 3.52. The minimum Gasteiger partial charge on any atom is -0.325 e. The van der Waals surface area contributed by atoms with Gasteiger partial charge in [-0.3, -0.25) is 10.1 Å². The van der Waals surface area contributed by atoms with Crippen LogP contribution in [0.4, 0.5) is 0 Å². The number of nitrogens with zero attached hydrogens (tertiary/aromatic N) is 2. The third-order valence-electron chi connectivity index (χ3n) is 5.10. The van der Waals surface area contributed by atoms with Crippen LogP contribution in [0, 0.1) is 11.3 Å². The molecule has 2 heterocycles. The van der Waals surface area contributed by atoms with Gasteiger partial charge in [0, 0.05) is 6.54 Å². The molecule has 0 spiro atoms. The highest BCUT2D eigenvalue weighted by atomic mass is 16.2. The van der Waals surface area contributed by atoms with Crippen LogP contribution in [-0.2, 0) is 4.79 Å². The second-order valence-corrected chi connectivity index (χ2v) is 7.39. The maximum Gasteiger partial charge on any atom is 0.241 e. The molecule has 0 aliphatic carbocycles. The number of carbonyl (C=O) groups excluding carboxylic acids is 1. The van der Waals surface area contributed by atoms with Crippen LogP contribution in [0.1, 0.15) is 47.0 Å². The van der Waals surface area contributed by atoms with Crippen molar-refractivity contribution in [1.82, 2.24) is 15.1 Å². The van der Waals surface area contributed by atoms with Crippen LogP contribution in [0.15, 0.2) is 0 Å². The van der Waals surface area contributed by atoms with Crippen LogP contribution in [-0.4, -0.2) is 54.6 Å². The third kappa shape index (κ3) is 3.17. The Morgan fingerprint density at radius 3 is 2.45 bits per heavy atom. The van der Waals surface area contributed by atoms with E-state index in [1.54, 1.807) is 0 Å². The average Bonchev–Trinajstić information content (AvgIpc) is 2.71. The maximum absolute atomic E-state index is 12.6. The summed E-state index contributed by atoms with van der Waals surface area (Å²) in [5.41, 5.74) is 0.281. The first-order valence-corrected chi connectivity index (χ1v) is 8.11. The highest BCUT2D eigenvalue weighted by molar-refractivity contribution is 5.84. The first-order valence-electron chi connectivity index (χ1n) is 8.11. The van der Waals surface area contributed by atoms with E-state index in [0.717, 1.165) is 26.1 Å². The van der Waals surface area contributed by atoms with Crippen molar-refractivity contribution < 1.29 is 4.79 Å². The van der Waals surface area contributed by atoms with Crippen molar-refractivity contribution in [3.63, 3.8) is 0 Å². The number of rotatable bonds is 4. The van der Waals surface area contributed by atoms with E-state index in [9.17, 15) is 4.79 Å². The minimum atomic E-state index is 0.00909. The maximum atomic E-state index is 12.6. The molecule has 4 nitrogen and oxygen atoms in total. The van der Waals surface area contributed by atoms with Crippen LogP contribution in [0.5, 0.6) is 0 Å². The van der Waals surface area contributed by atoms with E-state index in [0.29, 0.717) is 11.8 Å². The van der Waals surface area contributed by atoms with Gasteiger partial charge in [-0.1, -0.05) is 27.7 Å². The summed E-state index contributed by atoms with van der Waals surface area (Å²) in [5.74, 6) is 0.679. The predicted octanol–water partition coefficient (Wildman–Crippen LogP) is 1.91. The van der Waals surface area contributed by atoms with E-state index < -0.39 is 0 Å². The van der Waals surface area contributed by atoms with Crippen molar-refractivity contribution in [1.29, 1.82) is 0 Å².